The molecule has 0 radical (unpaired) electrons. The highest BCUT2D eigenvalue weighted by Crippen LogP contribution is 2.28. The van der Waals surface area contributed by atoms with E-state index in [2.05, 4.69) is 15.3 Å². The summed E-state index contributed by atoms with van der Waals surface area (Å²) < 4.78 is 7.54. The van der Waals surface area contributed by atoms with Crippen molar-refractivity contribution in [1.29, 1.82) is 0 Å². The van der Waals surface area contributed by atoms with Crippen molar-refractivity contribution in [2.75, 3.05) is 6.61 Å². The van der Waals surface area contributed by atoms with Crippen LogP contribution < -0.4 is 4.74 Å². The number of aromatic nitrogens is 3. The maximum atomic E-state index is 9.53. The number of benzene rings is 2. The molecule has 0 amide bonds. The van der Waals surface area contributed by atoms with Gasteiger partial charge in [0.15, 0.2) is 5.82 Å². The first-order chi connectivity index (χ1) is 11.7. The quantitative estimate of drug-likeness (QED) is 0.550. The van der Waals surface area contributed by atoms with E-state index >= 15 is 0 Å². The normalized spacial score (nSPS) is 11.0. The fourth-order valence-corrected chi connectivity index (χ4v) is 2.41. The van der Waals surface area contributed by atoms with E-state index < -0.39 is 0 Å². The number of phenolic OH excluding ortho intramolecular Hbond substituents is 1. The molecule has 7 heteroatoms. The standard InChI is InChI=1S/C17H16N4O2S/c1-2-23-15-9-4-3-8-14(15)16-19-20-17(24)21(16)18-11-12-6-5-7-13(22)10-12/h3-11,22H,2H2,1H3,(H,20,24)/b18-11-. The highest BCUT2D eigenvalue weighted by atomic mass is 32.1. The predicted octanol–water partition coefficient (Wildman–Crippen LogP) is 3.59. The van der Waals surface area contributed by atoms with Crippen LogP contribution in [0.3, 0.4) is 0 Å². The Morgan fingerprint density at radius 2 is 2.12 bits per heavy atom. The number of ether oxygens (including phenoxy) is 1. The molecule has 1 heterocycles. The fraction of sp³-hybridized carbons (Fsp3) is 0.118. The first-order valence-corrected chi connectivity index (χ1v) is 7.83. The molecule has 0 bridgehead atoms. The molecule has 2 aromatic carbocycles. The Morgan fingerprint density at radius 1 is 1.29 bits per heavy atom. The van der Waals surface area contributed by atoms with Crippen LogP contribution in [0.1, 0.15) is 12.5 Å². The number of para-hydroxylation sites is 1. The SMILES string of the molecule is CCOc1ccccc1-c1n[nH]c(=S)n1/N=C\c1cccc(O)c1. The lowest BCUT2D eigenvalue weighted by molar-refractivity contribution is 0.341. The van der Waals surface area contributed by atoms with Gasteiger partial charge < -0.3 is 9.84 Å². The summed E-state index contributed by atoms with van der Waals surface area (Å²) in [6.45, 7) is 2.47. The van der Waals surface area contributed by atoms with Crippen molar-refractivity contribution >= 4 is 18.4 Å². The molecule has 0 spiro atoms. The van der Waals surface area contributed by atoms with Gasteiger partial charge >= 0.3 is 0 Å². The molecule has 0 saturated carbocycles. The van der Waals surface area contributed by atoms with Crippen LogP contribution in [0.5, 0.6) is 11.5 Å². The second-order valence-electron chi connectivity index (χ2n) is 4.93. The summed E-state index contributed by atoms with van der Waals surface area (Å²) in [5, 5.41) is 20.9. The minimum Gasteiger partial charge on any atom is -0.508 e. The lowest BCUT2D eigenvalue weighted by Crippen LogP contribution is -1.99. The van der Waals surface area contributed by atoms with Gasteiger partial charge in [0, 0.05) is 0 Å². The zero-order valence-corrected chi connectivity index (χ0v) is 13.8. The molecule has 3 rings (SSSR count). The van der Waals surface area contributed by atoms with Crippen molar-refractivity contribution in [2.45, 2.75) is 6.92 Å². The third kappa shape index (κ3) is 3.36. The molecule has 0 saturated heterocycles. The Hall–Kier alpha value is -2.93. The van der Waals surface area contributed by atoms with Crippen LogP contribution in [0.15, 0.2) is 53.6 Å². The molecular weight excluding hydrogens is 324 g/mol. The Morgan fingerprint density at radius 3 is 2.92 bits per heavy atom. The lowest BCUT2D eigenvalue weighted by atomic mass is 10.2. The van der Waals surface area contributed by atoms with Gasteiger partial charge in [0.25, 0.3) is 0 Å². The zero-order valence-electron chi connectivity index (χ0n) is 13.0. The van der Waals surface area contributed by atoms with Gasteiger partial charge in [0.1, 0.15) is 11.5 Å². The number of rotatable bonds is 5. The molecule has 0 aliphatic rings. The van der Waals surface area contributed by atoms with Crippen molar-refractivity contribution in [3.8, 4) is 22.9 Å². The summed E-state index contributed by atoms with van der Waals surface area (Å²) in [4.78, 5) is 0. The molecule has 0 aliphatic carbocycles. The topological polar surface area (TPSA) is 75.4 Å². The Bertz CT molecular complexity index is 930. The Kier molecular flexibility index (Phi) is 4.72. The van der Waals surface area contributed by atoms with Crippen molar-refractivity contribution in [3.05, 3.63) is 58.9 Å². The number of nitrogens with one attached hydrogen (secondary N) is 1. The van der Waals surface area contributed by atoms with E-state index in [4.69, 9.17) is 17.0 Å². The highest BCUT2D eigenvalue weighted by molar-refractivity contribution is 7.71. The smallest absolute Gasteiger partial charge is 0.216 e. The number of nitrogens with zero attached hydrogens (tertiary/aromatic N) is 3. The largest absolute Gasteiger partial charge is 0.508 e. The van der Waals surface area contributed by atoms with Crippen molar-refractivity contribution in [1.82, 2.24) is 14.9 Å². The summed E-state index contributed by atoms with van der Waals surface area (Å²) in [5.41, 5.74) is 1.54. The third-order valence-electron chi connectivity index (χ3n) is 3.27. The highest BCUT2D eigenvalue weighted by Gasteiger charge is 2.13. The van der Waals surface area contributed by atoms with E-state index in [1.807, 2.05) is 37.3 Å². The monoisotopic (exact) mass is 340 g/mol. The second-order valence-corrected chi connectivity index (χ2v) is 5.32. The Labute approximate surface area is 144 Å². The molecule has 1 aromatic heterocycles. The average Bonchev–Trinajstić information content (AvgIpc) is 2.94. The van der Waals surface area contributed by atoms with E-state index in [9.17, 15) is 5.11 Å². The molecule has 6 nitrogen and oxygen atoms in total. The predicted molar refractivity (Wildman–Crippen MR) is 95.1 cm³/mol. The summed E-state index contributed by atoms with van der Waals surface area (Å²) in [6, 6.07) is 14.4. The van der Waals surface area contributed by atoms with Gasteiger partial charge in [-0.3, -0.25) is 0 Å². The summed E-state index contributed by atoms with van der Waals surface area (Å²) >= 11 is 5.26. The fourth-order valence-electron chi connectivity index (χ4n) is 2.24. The van der Waals surface area contributed by atoms with Crippen LogP contribution in [0.4, 0.5) is 0 Å². The van der Waals surface area contributed by atoms with Gasteiger partial charge in [-0.15, -0.1) is 0 Å². The molecular formula is C17H16N4O2S. The minimum absolute atomic E-state index is 0.177. The molecule has 3 aromatic rings. The van der Waals surface area contributed by atoms with Gasteiger partial charge in [-0.05, 0) is 49.0 Å². The second kappa shape index (κ2) is 7.10. The van der Waals surface area contributed by atoms with E-state index in [1.165, 1.54) is 4.68 Å². The number of phenols is 1. The molecule has 2 N–H and O–H groups in total. The Balaban J connectivity index is 2.03. The van der Waals surface area contributed by atoms with Crippen LogP contribution in [-0.2, 0) is 0 Å². The van der Waals surface area contributed by atoms with Gasteiger partial charge in [-0.2, -0.15) is 14.9 Å². The number of aromatic amines is 1. The number of hydrogen-bond donors (Lipinski definition) is 2. The first kappa shape index (κ1) is 15.9. The van der Waals surface area contributed by atoms with Crippen molar-refractivity contribution in [3.63, 3.8) is 0 Å². The molecule has 0 unspecified atom stereocenters. The summed E-state index contributed by atoms with van der Waals surface area (Å²) in [5.74, 6) is 1.44. The van der Waals surface area contributed by atoms with Gasteiger partial charge in [0.2, 0.25) is 4.77 Å². The molecule has 0 atom stereocenters. The molecule has 0 aliphatic heterocycles. The lowest BCUT2D eigenvalue weighted by Gasteiger charge is -2.08. The van der Waals surface area contributed by atoms with Crippen LogP contribution in [0.2, 0.25) is 0 Å². The maximum Gasteiger partial charge on any atom is 0.216 e. The maximum absolute atomic E-state index is 9.53. The number of hydrogen-bond acceptors (Lipinski definition) is 5. The molecule has 0 fully saturated rings. The van der Waals surface area contributed by atoms with Crippen LogP contribution in [0, 0.1) is 4.77 Å². The van der Waals surface area contributed by atoms with Gasteiger partial charge in [0.05, 0.1) is 18.4 Å². The third-order valence-corrected chi connectivity index (χ3v) is 3.53. The summed E-state index contributed by atoms with van der Waals surface area (Å²) in [7, 11) is 0. The van der Waals surface area contributed by atoms with E-state index in [-0.39, 0.29) is 5.75 Å². The first-order valence-electron chi connectivity index (χ1n) is 7.42. The minimum atomic E-state index is 0.177. The zero-order chi connectivity index (χ0) is 16.9. The van der Waals surface area contributed by atoms with E-state index in [0.29, 0.717) is 23.0 Å². The average molecular weight is 340 g/mol. The van der Waals surface area contributed by atoms with Gasteiger partial charge in [-0.1, -0.05) is 24.3 Å². The van der Waals surface area contributed by atoms with Gasteiger partial charge in [-0.25, -0.2) is 5.10 Å². The van der Waals surface area contributed by atoms with Crippen molar-refractivity contribution in [2.24, 2.45) is 5.10 Å². The van der Waals surface area contributed by atoms with Crippen LogP contribution in [-0.4, -0.2) is 32.8 Å². The molecule has 24 heavy (non-hydrogen) atoms. The number of H-pyrrole nitrogens is 1. The molecule has 122 valence electrons. The summed E-state index contributed by atoms with van der Waals surface area (Å²) in [6.07, 6.45) is 1.61. The van der Waals surface area contributed by atoms with Crippen LogP contribution in [0.25, 0.3) is 11.4 Å². The van der Waals surface area contributed by atoms with Crippen molar-refractivity contribution < 1.29 is 9.84 Å². The van der Waals surface area contributed by atoms with E-state index in [0.717, 1.165) is 11.1 Å². The number of aromatic hydroxyl groups is 1. The van der Waals surface area contributed by atoms with Crippen LogP contribution >= 0.6 is 12.2 Å². The van der Waals surface area contributed by atoms with E-state index in [1.54, 1.807) is 24.4 Å².